The molecule has 23 nitrogen and oxygen atoms in total. The van der Waals surface area contributed by atoms with Gasteiger partial charge in [0.15, 0.2) is 0 Å². The van der Waals surface area contributed by atoms with Crippen molar-refractivity contribution >= 4 is 109 Å². The molecule has 8 N–H and O–H groups in total. The molecule has 81 heavy (non-hydrogen) atoms. The predicted octanol–water partition coefficient (Wildman–Crippen LogP) is 5.54. The Balaban J connectivity index is 0.931. The number of pyridine rings is 1. The molecule has 1 saturated heterocycles. The molecule has 424 valence electrons. The van der Waals surface area contributed by atoms with Gasteiger partial charge >= 0.3 is 0 Å². The molecule has 7 aromatic rings. The minimum absolute atomic E-state index is 0.0563. The maximum Gasteiger partial charge on any atom is 0.271 e. The number of thiazole rings is 6. The molecule has 0 unspecified atom stereocenters. The Kier molecular flexibility index (Phi) is 17.6. The summed E-state index contributed by atoms with van der Waals surface area (Å²) in [7, 11) is 0. The van der Waals surface area contributed by atoms with Gasteiger partial charge < -0.3 is 46.9 Å². The van der Waals surface area contributed by atoms with Gasteiger partial charge in [-0.1, -0.05) is 19.9 Å². The molecule has 0 aromatic carbocycles. The number of fused-ring (bicyclic) bond motifs is 11. The zero-order chi connectivity index (χ0) is 57.1. The number of rotatable bonds is 12. The minimum Gasteiger partial charge on any atom is -0.391 e. The van der Waals surface area contributed by atoms with E-state index in [1.165, 1.54) is 70.0 Å². The van der Waals surface area contributed by atoms with Gasteiger partial charge in [-0.3, -0.25) is 33.7 Å². The number of carbonyl (C=O) groups excluding carboxylic acids is 6. The van der Waals surface area contributed by atoms with Crippen molar-refractivity contribution in [2.75, 3.05) is 39.4 Å². The average molecular weight is 1210 g/mol. The number of ether oxygens (including phenoxy) is 1. The van der Waals surface area contributed by atoms with Gasteiger partial charge in [0.05, 0.1) is 42.9 Å². The molecule has 7 aromatic heterocycles. The van der Waals surface area contributed by atoms with Crippen molar-refractivity contribution in [1.82, 2.24) is 71.7 Å². The number of nitrogens with zero attached hydrogens (tertiary/aromatic N) is 8. The molecule has 10 rings (SSSR count). The van der Waals surface area contributed by atoms with Crippen LogP contribution in [0.25, 0.3) is 49.1 Å². The van der Waals surface area contributed by atoms with E-state index in [2.05, 4.69) is 56.7 Å². The van der Waals surface area contributed by atoms with Crippen LogP contribution in [0.4, 0.5) is 0 Å². The number of hydrogen-bond donors (Lipinski definition) is 8. The molecule has 3 aliphatic rings. The van der Waals surface area contributed by atoms with Gasteiger partial charge in [-0.05, 0) is 64.6 Å². The van der Waals surface area contributed by atoms with Crippen LogP contribution in [0.1, 0.15) is 123 Å². The number of aliphatic hydroxyl groups excluding tert-OH is 2. The van der Waals surface area contributed by atoms with Gasteiger partial charge in [0.25, 0.3) is 23.6 Å². The van der Waals surface area contributed by atoms with Gasteiger partial charge in [-0.2, -0.15) is 0 Å². The number of carbonyl (C=O) groups is 6. The van der Waals surface area contributed by atoms with E-state index in [9.17, 15) is 39.0 Å². The van der Waals surface area contributed by atoms with Gasteiger partial charge in [0.2, 0.25) is 11.8 Å². The van der Waals surface area contributed by atoms with E-state index in [1.807, 2.05) is 13.8 Å². The Morgan fingerprint density at radius 3 is 1.91 bits per heavy atom. The first-order valence-electron chi connectivity index (χ1n) is 25.9. The molecule has 0 radical (unpaired) electrons. The Hall–Kier alpha value is -6.67. The maximum atomic E-state index is 13.9. The van der Waals surface area contributed by atoms with Crippen molar-refractivity contribution in [3.05, 3.63) is 88.3 Å². The second-order valence-corrected chi connectivity index (χ2v) is 25.0. The first kappa shape index (κ1) is 57.6. The molecule has 1 saturated carbocycles. The standard InChI is InChI=1S/C52H56N14O9S6/c1-6-28-46-58-32(20-77-46)40(69)62-36(24(2)3)49-60-33(21-81-49)42(71)64-38(26(5)68)50-56-30(18-80-50)39-27(45-57-31(19-76-45)41(70)63-37(25(4)67)44(73)55-28)8-9-29(54-39)47-61-35(23-79-47)48-59-34(22-78-48)43(72)65-52(10-11-52)51(74)53-12-7-13-66-14-16-75-17-15-66/h6,8-9,18-26,36-38,67-68H,7,10-17H2,1-5H3,(H,53,74)(H,55,73)(H,62,69)(H,63,70)(H,64,71)(H,65,72)/b28-6-/t25-,26-,36+,37+,38+/m1/s1. The Bertz CT molecular complexity index is 3510. The number of aromatic nitrogens is 7. The SMILES string of the molecule is C/C=C1\NC(=O)[C@H]([C@@H](C)O)NC(=O)c2csc(n2)-c2ccc(-c3nc(-c4nc(C(=O)NC5(C(=O)NCCCN6CCOCC6)CC5)cs4)cs3)nc2-c2csc(n2)[C@H]([C@@H](C)O)NC(=O)c2csc(n2)[C@H](C(C)C)NC(=O)c2csc1n2. The quantitative estimate of drug-likeness (QED) is 0.0697. The van der Waals surface area contributed by atoms with Crippen molar-refractivity contribution in [2.45, 2.75) is 89.8 Å². The van der Waals surface area contributed by atoms with Crippen molar-refractivity contribution in [3.8, 4) is 43.4 Å². The van der Waals surface area contributed by atoms with Crippen LogP contribution in [-0.2, 0) is 14.3 Å². The number of aliphatic hydroxyl groups is 2. The first-order valence-corrected chi connectivity index (χ1v) is 31.2. The van der Waals surface area contributed by atoms with Crippen molar-refractivity contribution in [3.63, 3.8) is 0 Å². The van der Waals surface area contributed by atoms with Crippen LogP contribution < -0.4 is 31.9 Å². The van der Waals surface area contributed by atoms with E-state index in [4.69, 9.17) is 19.7 Å². The lowest BCUT2D eigenvalue weighted by Crippen LogP contribution is -2.52. The molecule has 1 aliphatic carbocycles. The number of morpholine rings is 1. The molecule has 5 atom stereocenters. The maximum absolute atomic E-state index is 13.9. The lowest BCUT2D eigenvalue weighted by molar-refractivity contribution is -0.124. The molecule has 0 spiro atoms. The third kappa shape index (κ3) is 13.0. The average Bonchev–Trinajstić information content (AvgIpc) is 4.44. The summed E-state index contributed by atoms with van der Waals surface area (Å²) in [4.78, 5) is 118. The predicted molar refractivity (Wildman–Crippen MR) is 309 cm³/mol. The van der Waals surface area contributed by atoms with Gasteiger partial charge in [0.1, 0.15) is 87.5 Å². The summed E-state index contributed by atoms with van der Waals surface area (Å²) in [5.74, 6) is -3.43. The number of hydrogen-bond acceptors (Lipinski definition) is 23. The zero-order valence-electron chi connectivity index (χ0n) is 44.3. The monoisotopic (exact) mass is 1210 g/mol. The van der Waals surface area contributed by atoms with Crippen molar-refractivity contribution in [2.24, 2.45) is 5.92 Å². The lowest BCUT2D eigenvalue weighted by atomic mass is 10.1. The number of amides is 6. The summed E-state index contributed by atoms with van der Waals surface area (Å²) in [5, 5.41) is 51.3. The van der Waals surface area contributed by atoms with Gasteiger partial charge in [-0.15, -0.1) is 68.0 Å². The fourth-order valence-electron chi connectivity index (χ4n) is 8.74. The largest absolute Gasteiger partial charge is 0.391 e. The smallest absolute Gasteiger partial charge is 0.271 e. The summed E-state index contributed by atoms with van der Waals surface area (Å²) in [6.07, 6.45) is 0.955. The summed E-state index contributed by atoms with van der Waals surface area (Å²) < 4.78 is 5.42. The minimum atomic E-state index is -1.44. The van der Waals surface area contributed by atoms with Gasteiger partial charge in [-0.25, -0.2) is 34.9 Å². The van der Waals surface area contributed by atoms with Crippen molar-refractivity contribution < 1.29 is 43.7 Å². The molecule has 9 heterocycles. The van der Waals surface area contributed by atoms with E-state index in [0.29, 0.717) is 91.0 Å². The third-order valence-corrected chi connectivity index (χ3v) is 18.8. The van der Waals surface area contributed by atoms with Crippen LogP contribution in [0.15, 0.2) is 50.5 Å². The summed E-state index contributed by atoms with van der Waals surface area (Å²) >= 11 is 7.12. The number of nitrogens with one attached hydrogen (secondary N) is 6. The van der Waals surface area contributed by atoms with E-state index in [-0.39, 0.29) is 40.3 Å². The van der Waals surface area contributed by atoms with E-state index < -0.39 is 65.4 Å². The molecule has 6 amide bonds. The lowest BCUT2D eigenvalue weighted by Gasteiger charge is -2.26. The van der Waals surface area contributed by atoms with Crippen LogP contribution in [0.5, 0.6) is 0 Å². The normalized spacial score (nSPS) is 20.1. The fourth-order valence-corrected chi connectivity index (χ4v) is 14.0. The van der Waals surface area contributed by atoms with Crippen LogP contribution in [0.3, 0.4) is 0 Å². The van der Waals surface area contributed by atoms with E-state index in [0.717, 1.165) is 48.7 Å². The highest BCUT2D eigenvalue weighted by molar-refractivity contribution is 7.15. The van der Waals surface area contributed by atoms with Crippen LogP contribution in [0, 0.1) is 5.92 Å². The summed E-state index contributed by atoms with van der Waals surface area (Å²) in [6.45, 7) is 12.9. The molecule has 29 heteroatoms. The number of allylic oxidation sites excluding steroid dienone is 1. The Morgan fingerprint density at radius 2 is 1.23 bits per heavy atom. The molecule has 2 fully saturated rings. The highest BCUT2D eigenvalue weighted by atomic mass is 32.1. The second kappa shape index (κ2) is 24.8. The molecular weight excluding hydrogens is 1160 g/mol. The topological polar surface area (TPSA) is 318 Å². The highest BCUT2D eigenvalue weighted by Gasteiger charge is 2.51. The Labute approximate surface area is 488 Å². The van der Waals surface area contributed by atoms with E-state index in [1.54, 1.807) is 46.7 Å². The molecule has 8 bridgehead atoms. The summed E-state index contributed by atoms with van der Waals surface area (Å²) in [5.41, 5.74) is 1.58. The van der Waals surface area contributed by atoms with Crippen molar-refractivity contribution in [1.29, 1.82) is 0 Å². The molecular formula is C52H56N14O9S6. The Morgan fingerprint density at radius 1 is 0.679 bits per heavy atom. The summed E-state index contributed by atoms with van der Waals surface area (Å²) in [6, 6.07) is 0.444. The highest BCUT2D eigenvalue weighted by Crippen LogP contribution is 2.39. The first-order chi connectivity index (χ1) is 39.0. The van der Waals surface area contributed by atoms with Crippen LogP contribution in [0.2, 0.25) is 0 Å². The van der Waals surface area contributed by atoms with Crippen LogP contribution in [-0.4, -0.2) is 149 Å². The van der Waals surface area contributed by atoms with Gasteiger partial charge in [0, 0.05) is 57.5 Å². The zero-order valence-corrected chi connectivity index (χ0v) is 49.2. The third-order valence-electron chi connectivity index (χ3n) is 13.5. The van der Waals surface area contributed by atoms with Crippen LogP contribution >= 0.6 is 68.0 Å². The fraction of sp³-hybridized carbons (Fsp3) is 0.404. The molecule has 2 aliphatic heterocycles. The second-order valence-electron chi connectivity index (χ2n) is 19.8. The van der Waals surface area contributed by atoms with E-state index >= 15 is 0 Å².